The molecule has 0 saturated heterocycles. The average molecular weight is 340 g/mol. The van der Waals surface area contributed by atoms with E-state index in [1.807, 2.05) is 13.8 Å². The van der Waals surface area contributed by atoms with E-state index in [0.29, 0.717) is 36.3 Å². The van der Waals surface area contributed by atoms with Crippen LogP contribution in [0.4, 0.5) is 11.4 Å². The number of anilines is 2. The Morgan fingerprint density at radius 2 is 1.72 bits per heavy atom. The van der Waals surface area contributed by atoms with Crippen molar-refractivity contribution in [2.45, 2.75) is 26.7 Å². The Balaban J connectivity index is 2.04. The van der Waals surface area contributed by atoms with E-state index in [1.54, 1.807) is 48.8 Å². The van der Waals surface area contributed by atoms with Crippen molar-refractivity contribution in [2.24, 2.45) is 11.1 Å². The number of benzene rings is 1. The Labute approximate surface area is 147 Å². The third-order valence-corrected chi connectivity index (χ3v) is 4.55. The van der Waals surface area contributed by atoms with Gasteiger partial charge in [-0.05, 0) is 49.2 Å². The monoisotopic (exact) mass is 340 g/mol. The maximum Gasteiger partial charge on any atom is 0.255 e. The molecule has 0 fully saturated rings. The maximum absolute atomic E-state index is 12.5. The highest BCUT2D eigenvalue weighted by Crippen LogP contribution is 2.27. The number of carbonyl (C=O) groups excluding carboxylic acids is 2. The van der Waals surface area contributed by atoms with E-state index in [-0.39, 0.29) is 11.8 Å². The second kappa shape index (κ2) is 8.39. The third-order valence-electron chi connectivity index (χ3n) is 4.55. The predicted molar refractivity (Wildman–Crippen MR) is 99.3 cm³/mol. The molecule has 1 aromatic heterocycles. The second-order valence-electron chi connectivity index (χ2n) is 5.92. The minimum absolute atomic E-state index is 0.0902. The highest BCUT2D eigenvalue weighted by atomic mass is 16.2. The third kappa shape index (κ3) is 4.42. The zero-order valence-corrected chi connectivity index (χ0v) is 14.6. The molecule has 2 aromatic rings. The van der Waals surface area contributed by atoms with Crippen LogP contribution in [0.5, 0.6) is 0 Å². The van der Waals surface area contributed by atoms with Gasteiger partial charge in [0, 0.05) is 24.0 Å². The van der Waals surface area contributed by atoms with Crippen molar-refractivity contribution < 1.29 is 9.59 Å². The number of hydrogen-bond acceptors (Lipinski definition) is 4. The summed E-state index contributed by atoms with van der Waals surface area (Å²) in [4.78, 5) is 28.7. The molecule has 0 aliphatic rings. The van der Waals surface area contributed by atoms with Crippen LogP contribution in [0.1, 0.15) is 37.0 Å². The van der Waals surface area contributed by atoms with Crippen molar-refractivity contribution >= 4 is 23.2 Å². The first kappa shape index (κ1) is 18.6. The van der Waals surface area contributed by atoms with Crippen LogP contribution in [0.2, 0.25) is 0 Å². The fourth-order valence-electron chi connectivity index (χ4n) is 2.56. The van der Waals surface area contributed by atoms with Gasteiger partial charge < -0.3 is 16.4 Å². The molecule has 0 spiro atoms. The van der Waals surface area contributed by atoms with Gasteiger partial charge in [0.1, 0.15) is 0 Å². The Hall–Kier alpha value is -2.73. The molecule has 6 nitrogen and oxygen atoms in total. The van der Waals surface area contributed by atoms with Crippen LogP contribution in [0, 0.1) is 5.41 Å². The largest absolute Gasteiger partial charge is 0.329 e. The molecule has 0 unspecified atom stereocenters. The van der Waals surface area contributed by atoms with Crippen molar-refractivity contribution in [3.8, 4) is 0 Å². The van der Waals surface area contributed by atoms with E-state index in [1.165, 1.54) is 0 Å². The number of carbonyl (C=O) groups is 2. The molecule has 0 aliphatic heterocycles. The summed E-state index contributed by atoms with van der Waals surface area (Å²) < 4.78 is 0. The van der Waals surface area contributed by atoms with Gasteiger partial charge in [-0.1, -0.05) is 13.8 Å². The Morgan fingerprint density at radius 3 is 2.24 bits per heavy atom. The van der Waals surface area contributed by atoms with Crippen molar-refractivity contribution in [1.29, 1.82) is 0 Å². The molecular weight excluding hydrogens is 316 g/mol. The lowest BCUT2D eigenvalue weighted by molar-refractivity contribution is -0.125. The molecule has 0 bridgehead atoms. The Kier molecular flexibility index (Phi) is 6.25. The van der Waals surface area contributed by atoms with Gasteiger partial charge in [-0.25, -0.2) is 0 Å². The Bertz CT molecular complexity index is 702. The fourth-order valence-corrected chi connectivity index (χ4v) is 2.56. The summed E-state index contributed by atoms with van der Waals surface area (Å²) in [5.41, 5.74) is 7.01. The molecule has 6 heteroatoms. The van der Waals surface area contributed by atoms with Crippen LogP contribution >= 0.6 is 0 Å². The molecule has 1 aromatic carbocycles. The number of nitrogens with two attached hydrogens (primary N) is 1. The number of nitrogens with zero attached hydrogens (tertiary/aromatic N) is 1. The summed E-state index contributed by atoms with van der Waals surface area (Å²) in [7, 11) is 0. The number of amides is 2. The van der Waals surface area contributed by atoms with Crippen LogP contribution in [0.25, 0.3) is 0 Å². The van der Waals surface area contributed by atoms with E-state index in [2.05, 4.69) is 15.6 Å². The maximum atomic E-state index is 12.5. The lowest BCUT2D eigenvalue weighted by Crippen LogP contribution is -2.41. The Morgan fingerprint density at radius 1 is 1.04 bits per heavy atom. The summed E-state index contributed by atoms with van der Waals surface area (Å²) in [6, 6.07) is 10.3. The van der Waals surface area contributed by atoms with Gasteiger partial charge in [0.25, 0.3) is 5.91 Å². The molecule has 0 aliphatic carbocycles. The number of aromatic nitrogens is 1. The summed E-state index contributed by atoms with van der Waals surface area (Å²) in [5, 5.41) is 5.66. The van der Waals surface area contributed by atoms with Crippen LogP contribution in [-0.2, 0) is 4.79 Å². The van der Waals surface area contributed by atoms with E-state index >= 15 is 0 Å². The lowest BCUT2D eigenvalue weighted by Gasteiger charge is -2.28. The number of nitrogens with one attached hydrogen (secondary N) is 2. The van der Waals surface area contributed by atoms with Gasteiger partial charge in [-0.3, -0.25) is 14.6 Å². The molecule has 132 valence electrons. The van der Waals surface area contributed by atoms with Crippen molar-refractivity contribution in [2.75, 3.05) is 17.2 Å². The van der Waals surface area contributed by atoms with Gasteiger partial charge in [0.15, 0.2) is 0 Å². The minimum Gasteiger partial charge on any atom is -0.329 e. The first-order chi connectivity index (χ1) is 12.0. The molecule has 2 amide bonds. The van der Waals surface area contributed by atoms with Crippen molar-refractivity contribution in [1.82, 2.24) is 4.98 Å². The van der Waals surface area contributed by atoms with E-state index < -0.39 is 5.41 Å². The normalized spacial score (nSPS) is 11.0. The fraction of sp³-hybridized carbons (Fsp3) is 0.316. The van der Waals surface area contributed by atoms with Crippen molar-refractivity contribution in [3.05, 3.63) is 54.4 Å². The zero-order valence-electron chi connectivity index (χ0n) is 14.6. The van der Waals surface area contributed by atoms with Gasteiger partial charge in [0.2, 0.25) is 5.91 Å². The molecule has 0 radical (unpaired) electrons. The minimum atomic E-state index is -0.559. The SMILES string of the molecule is CCC(CC)(CN)C(=O)Nc1ccc(C(=O)Nc2cccnc2)cc1. The van der Waals surface area contributed by atoms with E-state index in [9.17, 15) is 9.59 Å². The molecule has 0 atom stereocenters. The second-order valence-corrected chi connectivity index (χ2v) is 5.92. The number of pyridine rings is 1. The lowest BCUT2D eigenvalue weighted by atomic mass is 9.81. The van der Waals surface area contributed by atoms with E-state index in [0.717, 1.165) is 0 Å². The average Bonchev–Trinajstić information content (AvgIpc) is 2.65. The zero-order chi connectivity index (χ0) is 18.3. The molecule has 25 heavy (non-hydrogen) atoms. The van der Waals surface area contributed by atoms with Crippen LogP contribution < -0.4 is 16.4 Å². The number of rotatable bonds is 7. The summed E-state index contributed by atoms with van der Waals surface area (Å²) in [5.74, 6) is -0.322. The van der Waals surface area contributed by atoms with Crippen LogP contribution in [-0.4, -0.2) is 23.3 Å². The molecule has 1 heterocycles. The highest BCUT2D eigenvalue weighted by molar-refractivity contribution is 6.04. The summed E-state index contributed by atoms with van der Waals surface area (Å²) in [6.45, 7) is 4.22. The summed E-state index contributed by atoms with van der Waals surface area (Å²) in [6.07, 6.45) is 4.57. The number of hydrogen-bond donors (Lipinski definition) is 3. The van der Waals surface area contributed by atoms with Crippen LogP contribution in [0.15, 0.2) is 48.8 Å². The predicted octanol–water partition coefficient (Wildman–Crippen LogP) is 3.04. The highest BCUT2D eigenvalue weighted by Gasteiger charge is 2.33. The van der Waals surface area contributed by atoms with Gasteiger partial charge in [-0.2, -0.15) is 0 Å². The quantitative estimate of drug-likeness (QED) is 0.721. The van der Waals surface area contributed by atoms with Crippen LogP contribution in [0.3, 0.4) is 0 Å². The molecular formula is C19H24N4O2. The molecule has 0 saturated carbocycles. The van der Waals surface area contributed by atoms with E-state index in [4.69, 9.17) is 5.73 Å². The van der Waals surface area contributed by atoms with Gasteiger partial charge >= 0.3 is 0 Å². The smallest absolute Gasteiger partial charge is 0.255 e. The van der Waals surface area contributed by atoms with Crippen molar-refractivity contribution in [3.63, 3.8) is 0 Å². The topological polar surface area (TPSA) is 97.1 Å². The first-order valence-corrected chi connectivity index (χ1v) is 8.37. The standard InChI is InChI=1S/C19H24N4O2/c1-3-19(4-2,13-20)18(25)23-15-9-7-14(8-10-15)17(24)22-16-6-5-11-21-12-16/h5-12H,3-4,13,20H2,1-2H3,(H,22,24)(H,23,25). The van der Waals surface area contributed by atoms with Gasteiger partial charge in [0.05, 0.1) is 17.3 Å². The molecule has 4 N–H and O–H groups in total. The van der Waals surface area contributed by atoms with Gasteiger partial charge in [-0.15, -0.1) is 0 Å². The molecule has 2 rings (SSSR count). The first-order valence-electron chi connectivity index (χ1n) is 8.37. The summed E-state index contributed by atoms with van der Waals surface area (Å²) >= 11 is 0.